The van der Waals surface area contributed by atoms with E-state index in [4.69, 9.17) is 66.9 Å². The highest BCUT2D eigenvalue weighted by Crippen LogP contribution is 2.51. The van der Waals surface area contributed by atoms with Crippen molar-refractivity contribution in [2.45, 2.75) is 0 Å². The molecule has 14 heteroatoms. The monoisotopic (exact) mass is 1780 g/mol. The molecular formula is C125H69N9O5. The number of furan rings is 5. The molecule has 139 heavy (non-hydrogen) atoms. The quantitative estimate of drug-likeness (QED) is 0.106. The third-order valence-electron chi connectivity index (χ3n) is 27.6. The van der Waals surface area contributed by atoms with Crippen LogP contribution in [0.4, 0.5) is 0 Å². The molecule has 21 aromatic carbocycles. The van der Waals surface area contributed by atoms with E-state index in [9.17, 15) is 0 Å². The second kappa shape index (κ2) is 30.8. The van der Waals surface area contributed by atoms with E-state index in [0.717, 1.165) is 236 Å². The molecule has 0 aliphatic heterocycles. The van der Waals surface area contributed by atoms with Gasteiger partial charge in [0.15, 0.2) is 52.4 Å². The molecule has 0 atom stereocenters. The summed E-state index contributed by atoms with van der Waals surface area (Å²) in [5.41, 5.74) is 22.6. The summed E-state index contributed by atoms with van der Waals surface area (Å²) in [5, 5.41) is 19.8. The number of fused-ring (bicyclic) bond motifs is 23. The number of hydrogen-bond donors (Lipinski definition) is 0. The van der Waals surface area contributed by atoms with Crippen molar-refractivity contribution >= 4 is 164 Å². The summed E-state index contributed by atoms with van der Waals surface area (Å²) in [7, 11) is 0. The molecule has 0 bridgehead atoms. The zero-order chi connectivity index (χ0) is 91.0. The van der Waals surface area contributed by atoms with Crippen molar-refractivity contribution in [2.24, 2.45) is 0 Å². The van der Waals surface area contributed by atoms with Gasteiger partial charge in [0.05, 0.1) is 0 Å². The van der Waals surface area contributed by atoms with E-state index in [1.54, 1.807) is 0 Å². The van der Waals surface area contributed by atoms with Gasteiger partial charge in [-0.3, -0.25) is 0 Å². The molecule has 29 rings (SSSR count). The second-order valence-corrected chi connectivity index (χ2v) is 35.6. The average Bonchev–Trinajstić information content (AvgIpc) is 1.61. The number of aromatic nitrogens is 9. The highest BCUT2D eigenvalue weighted by Gasteiger charge is 2.29. The van der Waals surface area contributed by atoms with Crippen molar-refractivity contribution in [2.75, 3.05) is 0 Å². The van der Waals surface area contributed by atoms with E-state index < -0.39 is 0 Å². The summed E-state index contributed by atoms with van der Waals surface area (Å²) >= 11 is 0. The Kier molecular flexibility index (Phi) is 17.2. The lowest BCUT2D eigenvalue weighted by molar-refractivity contribution is 0.668. The number of nitrogens with zero attached hydrogens (tertiary/aromatic N) is 9. The maximum atomic E-state index is 7.31. The molecule has 0 radical (unpaired) electrons. The molecule has 0 amide bonds. The first kappa shape index (κ1) is 77.5. The van der Waals surface area contributed by atoms with Crippen LogP contribution >= 0.6 is 0 Å². The zero-order valence-corrected chi connectivity index (χ0v) is 73.9. The molecule has 8 heterocycles. The van der Waals surface area contributed by atoms with Gasteiger partial charge in [-0.25, -0.2) is 44.9 Å². The molecule has 0 saturated carbocycles. The lowest BCUT2D eigenvalue weighted by atomic mass is 9.89. The first-order valence-electron chi connectivity index (χ1n) is 46.4. The smallest absolute Gasteiger partial charge is 0.164 e. The number of para-hydroxylation sites is 5. The van der Waals surface area contributed by atoms with Crippen LogP contribution in [0.15, 0.2) is 441 Å². The first-order chi connectivity index (χ1) is 68.8. The van der Waals surface area contributed by atoms with Crippen LogP contribution in [-0.4, -0.2) is 44.9 Å². The Labute approximate surface area is 790 Å². The highest BCUT2D eigenvalue weighted by molar-refractivity contribution is 6.27. The van der Waals surface area contributed by atoms with Gasteiger partial charge in [0.25, 0.3) is 0 Å². The van der Waals surface area contributed by atoms with Gasteiger partial charge in [-0.05, 0) is 191 Å². The molecule has 29 aromatic rings. The Hall–Kier alpha value is -19.1. The largest absolute Gasteiger partial charge is 0.456 e. The van der Waals surface area contributed by atoms with Gasteiger partial charge in [-0.1, -0.05) is 309 Å². The Bertz CT molecular complexity index is 10200. The van der Waals surface area contributed by atoms with Crippen LogP contribution in [0.2, 0.25) is 0 Å². The van der Waals surface area contributed by atoms with Crippen molar-refractivity contribution in [3.05, 3.63) is 419 Å². The molecule has 644 valence electrons. The summed E-state index contributed by atoms with van der Waals surface area (Å²) in [4.78, 5) is 48.9. The Morgan fingerprint density at radius 1 is 0.122 bits per heavy atom. The second-order valence-electron chi connectivity index (χ2n) is 35.6. The van der Waals surface area contributed by atoms with Crippen molar-refractivity contribution < 1.29 is 22.1 Å². The molecule has 0 saturated heterocycles. The van der Waals surface area contributed by atoms with Crippen LogP contribution < -0.4 is 0 Å². The topological polar surface area (TPSA) is 182 Å². The summed E-state index contributed by atoms with van der Waals surface area (Å²) in [6.45, 7) is 0. The number of hydrogen-bond acceptors (Lipinski definition) is 14. The Morgan fingerprint density at radius 2 is 0.489 bits per heavy atom. The minimum Gasteiger partial charge on any atom is -0.456 e. The first-order valence-corrected chi connectivity index (χ1v) is 46.4. The van der Waals surface area contributed by atoms with E-state index in [1.165, 1.54) is 0 Å². The lowest BCUT2D eigenvalue weighted by Gasteiger charge is -2.15. The highest BCUT2D eigenvalue weighted by atomic mass is 16.3. The Balaban J connectivity index is 0.599. The standard InChI is InChI=1S/C125H69N9O5/c1-4-23-70(24-5-1)77-48-49-79-62-82(53-50-78(79)61-77)120-129-121(83-52-45-73-55-59-106-110(97(73)65-83)90-32-12-17-38-101(90)135-106)133-125(132-120)100-68-86(69-108-111(100)91-33-13-18-39-102(91)137-108)99-64-80-51-54-84(66-98(80)113-93-35-15-21-42-105(93)139-116(99)113)122-130-123(89-37-22-30-71-25-10-11-31-87(71)89)134-124(131-122)95-58-57-88(115-112(95)92-34-14-20-41-104(92)138-115)85-63-81-56-60-107-114(94-36-16-19-40-103(94)136-107)109(81)96(67-85)72-43-46-76(47-44-72)119-127-117(74-26-6-2-7-27-74)126-118(128-119)75-28-8-3-9-29-75/h1-69H. The fraction of sp³-hybridized carbons (Fsp3) is 0. The molecular weight excluding hydrogens is 1710 g/mol. The molecule has 0 spiro atoms. The van der Waals surface area contributed by atoms with Gasteiger partial charge in [-0.15, -0.1) is 0 Å². The minimum absolute atomic E-state index is 0.465. The average molecular weight is 1780 g/mol. The van der Waals surface area contributed by atoms with Crippen LogP contribution in [0.25, 0.3) is 311 Å². The van der Waals surface area contributed by atoms with Crippen LogP contribution in [0.3, 0.4) is 0 Å². The van der Waals surface area contributed by atoms with Crippen molar-refractivity contribution in [3.8, 4) is 147 Å². The van der Waals surface area contributed by atoms with Crippen molar-refractivity contribution in [3.63, 3.8) is 0 Å². The minimum atomic E-state index is 0.465. The maximum absolute atomic E-state index is 7.31. The van der Waals surface area contributed by atoms with Crippen LogP contribution in [0.5, 0.6) is 0 Å². The fourth-order valence-electron chi connectivity index (χ4n) is 21.0. The van der Waals surface area contributed by atoms with E-state index in [1.807, 2.05) is 127 Å². The molecule has 0 fully saturated rings. The molecule has 8 aromatic heterocycles. The molecule has 0 unspecified atom stereocenters. The van der Waals surface area contributed by atoms with Gasteiger partial charge in [0.2, 0.25) is 0 Å². The SMILES string of the molecule is c1ccc(-c2ccc3cc(-c4nc(-c5ccc6ccc7oc8ccccc8c7c6c5)nc(-c5cc(-c6cc7ccc(-c8nc(-c9cccc%10ccccc9%10)nc(-c9ccc(-c%10cc(-c%11ccc(-c%12nc(-c%13ccccc%13)nc(-c%13ccccc%13)n%12)cc%11)c%11c(ccc%12oc%13ccccc%13c%12%11)c%10)c%10oc%11ccccc%11c9%10)n8)cc7c7c6oc6ccccc67)cc6oc7ccccc7c56)n4)ccc3c2)cc1. The van der Waals surface area contributed by atoms with Gasteiger partial charge in [0.1, 0.15) is 55.8 Å². The molecule has 14 nitrogen and oxygen atoms in total. The zero-order valence-electron chi connectivity index (χ0n) is 73.9. The predicted molar refractivity (Wildman–Crippen MR) is 561 cm³/mol. The van der Waals surface area contributed by atoms with Gasteiger partial charge < -0.3 is 22.1 Å². The van der Waals surface area contributed by atoms with Crippen molar-refractivity contribution in [1.82, 2.24) is 44.9 Å². The van der Waals surface area contributed by atoms with E-state index in [0.29, 0.717) is 74.8 Å². The van der Waals surface area contributed by atoms with E-state index >= 15 is 0 Å². The van der Waals surface area contributed by atoms with Gasteiger partial charge >= 0.3 is 0 Å². The van der Waals surface area contributed by atoms with E-state index in [2.05, 4.69) is 291 Å². The van der Waals surface area contributed by atoms with Crippen LogP contribution in [0, 0.1) is 0 Å². The van der Waals surface area contributed by atoms with Gasteiger partial charge in [-0.2, -0.15) is 0 Å². The normalized spacial score (nSPS) is 12.0. The molecule has 0 aliphatic carbocycles. The number of benzene rings is 21. The maximum Gasteiger partial charge on any atom is 0.164 e. The van der Waals surface area contributed by atoms with Gasteiger partial charge in [0, 0.05) is 120 Å². The third kappa shape index (κ3) is 12.7. The molecule has 0 aliphatic rings. The number of rotatable bonds is 13. The Morgan fingerprint density at radius 3 is 1.11 bits per heavy atom. The summed E-state index contributed by atoms with van der Waals surface area (Å²) in [6, 6.07) is 145. The summed E-state index contributed by atoms with van der Waals surface area (Å²) in [5.74, 6) is 4.67. The van der Waals surface area contributed by atoms with Crippen LogP contribution in [-0.2, 0) is 0 Å². The lowest BCUT2D eigenvalue weighted by Crippen LogP contribution is -2.01. The van der Waals surface area contributed by atoms with Crippen molar-refractivity contribution in [1.29, 1.82) is 0 Å². The summed E-state index contributed by atoms with van der Waals surface area (Å²) < 4.78 is 34.8. The van der Waals surface area contributed by atoms with Crippen LogP contribution in [0.1, 0.15) is 0 Å². The third-order valence-corrected chi connectivity index (χ3v) is 27.6. The summed E-state index contributed by atoms with van der Waals surface area (Å²) in [6.07, 6.45) is 0. The van der Waals surface area contributed by atoms with E-state index in [-0.39, 0.29) is 0 Å². The predicted octanol–water partition coefficient (Wildman–Crippen LogP) is 33.2. The molecule has 0 N–H and O–H groups in total. The fourth-order valence-corrected chi connectivity index (χ4v) is 21.0.